The molecule has 62 valence electrons. The van der Waals surface area contributed by atoms with Gasteiger partial charge in [-0.3, -0.25) is 0 Å². The normalized spacial score (nSPS) is 8.75. The van der Waals surface area contributed by atoms with Crippen molar-refractivity contribution in [2.24, 2.45) is 4.99 Å². The molecule has 0 bridgehead atoms. The molecular formula is C8H8N2O2. The Balaban J connectivity index is 3.26. The maximum atomic E-state index is 9.97. The van der Waals surface area contributed by atoms with Crippen LogP contribution in [0.3, 0.4) is 0 Å². The Bertz CT molecular complexity index is 330. The highest BCUT2D eigenvalue weighted by Gasteiger charge is 2.03. The van der Waals surface area contributed by atoms with Gasteiger partial charge in [-0.25, -0.2) is 4.79 Å². The lowest BCUT2D eigenvalue weighted by Gasteiger charge is -2.04. The van der Waals surface area contributed by atoms with Crippen molar-refractivity contribution in [3.8, 4) is 5.75 Å². The number of benzene rings is 1. The largest absolute Gasteiger partial charge is 0.492 e. The summed E-state index contributed by atoms with van der Waals surface area (Å²) in [5.74, 6) is 0.404. The molecule has 0 radical (unpaired) electrons. The van der Waals surface area contributed by atoms with E-state index in [4.69, 9.17) is 10.5 Å². The number of nitrogens with two attached hydrogens (primary N) is 1. The van der Waals surface area contributed by atoms with Crippen LogP contribution in [0, 0.1) is 0 Å². The SMILES string of the molecule is COc1c(N)cccc1N=C=O. The van der Waals surface area contributed by atoms with Crippen LogP contribution in [0.1, 0.15) is 0 Å². The molecular weight excluding hydrogens is 156 g/mol. The number of nitrogens with zero attached hydrogens (tertiary/aromatic N) is 1. The fraction of sp³-hybridized carbons (Fsp3) is 0.125. The topological polar surface area (TPSA) is 64.7 Å². The average molecular weight is 164 g/mol. The molecule has 0 aliphatic carbocycles. The molecule has 0 aliphatic rings. The van der Waals surface area contributed by atoms with Crippen molar-refractivity contribution in [3.63, 3.8) is 0 Å². The number of isocyanates is 1. The van der Waals surface area contributed by atoms with Crippen LogP contribution in [0.5, 0.6) is 5.75 Å². The monoisotopic (exact) mass is 164 g/mol. The Labute approximate surface area is 69.7 Å². The first-order valence-corrected chi connectivity index (χ1v) is 3.30. The molecule has 0 saturated carbocycles. The Morgan fingerprint density at radius 1 is 1.58 bits per heavy atom. The summed E-state index contributed by atoms with van der Waals surface area (Å²) in [6.07, 6.45) is 1.43. The number of para-hydroxylation sites is 1. The zero-order valence-electron chi connectivity index (χ0n) is 6.57. The van der Waals surface area contributed by atoms with Crippen molar-refractivity contribution in [1.82, 2.24) is 0 Å². The number of nitrogen functional groups attached to an aromatic ring is 1. The van der Waals surface area contributed by atoms with E-state index in [2.05, 4.69) is 4.99 Å². The summed E-state index contributed by atoms with van der Waals surface area (Å²) in [5, 5.41) is 0. The van der Waals surface area contributed by atoms with Gasteiger partial charge >= 0.3 is 0 Å². The van der Waals surface area contributed by atoms with Crippen LogP contribution in [0.15, 0.2) is 23.2 Å². The van der Waals surface area contributed by atoms with Crippen LogP contribution < -0.4 is 10.5 Å². The van der Waals surface area contributed by atoms with Crippen molar-refractivity contribution >= 4 is 17.5 Å². The van der Waals surface area contributed by atoms with Crippen molar-refractivity contribution in [2.75, 3.05) is 12.8 Å². The molecule has 4 nitrogen and oxygen atoms in total. The van der Waals surface area contributed by atoms with Gasteiger partial charge in [0.1, 0.15) is 5.69 Å². The van der Waals surface area contributed by atoms with Crippen LogP contribution in [0.25, 0.3) is 0 Å². The third-order valence-electron chi connectivity index (χ3n) is 1.39. The lowest BCUT2D eigenvalue weighted by molar-refractivity contribution is 0.418. The number of anilines is 1. The number of ether oxygens (including phenoxy) is 1. The van der Waals surface area contributed by atoms with Crippen molar-refractivity contribution in [2.45, 2.75) is 0 Å². The smallest absolute Gasteiger partial charge is 0.240 e. The molecule has 0 atom stereocenters. The van der Waals surface area contributed by atoms with Gasteiger partial charge in [0.25, 0.3) is 0 Å². The third-order valence-corrected chi connectivity index (χ3v) is 1.39. The lowest BCUT2D eigenvalue weighted by Crippen LogP contribution is -1.91. The molecule has 12 heavy (non-hydrogen) atoms. The summed E-state index contributed by atoms with van der Waals surface area (Å²) in [4.78, 5) is 13.4. The summed E-state index contributed by atoms with van der Waals surface area (Å²) in [5.41, 5.74) is 6.40. The minimum Gasteiger partial charge on any atom is -0.492 e. The summed E-state index contributed by atoms with van der Waals surface area (Å²) >= 11 is 0. The third kappa shape index (κ3) is 1.44. The summed E-state index contributed by atoms with van der Waals surface area (Å²) in [7, 11) is 1.47. The predicted octanol–water partition coefficient (Wildman–Crippen LogP) is 1.24. The Morgan fingerprint density at radius 3 is 2.92 bits per heavy atom. The van der Waals surface area contributed by atoms with Gasteiger partial charge in [-0.15, -0.1) is 0 Å². The first-order valence-electron chi connectivity index (χ1n) is 3.30. The molecule has 2 N–H and O–H groups in total. The molecule has 4 heteroatoms. The van der Waals surface area contributed by atoms with Crippen molar-refractivity contribution in [1.29, 1.82) is 0 Å². The van der Waals surface area contributed by atoms with Gasteiger partial charge in [-0.05, 0) is 12.1 Å². The fourth-order valence-corrected chi connectivity index (χ4v) is 0.902. The first-order chi connectivity index (χ1) is 5.79. The van der Waals surface area contributed by atoms with Gasteiger partial charge in [-0.1, -0.05) is 6.07 Å². The maximum Gasteiger partial charge on any atom is 0.240 e. The number of carbonyl (C=O) groups excluding carboxylic acids is 1. The van der Waals surface area contributed by atoms with E-state index >= 15 is 0 Å². The standard InChI is InChI=1S/C8H8N2O2/c1-12-8-6(9)3-2-4-7(8)10-5-11/h2-4H,9H2,1H3. The molecule has 0 spiro atoms. The Hall–Kier alpha value is -1.80. The highest BCUT2D eigenvalue weighted by atomic mass is 16.5. The summed E-state index contributed by atoms with van der Waals surface area (Å²) in [6.45, 7) is 0. The van der Waals surface area contributed by atoms with Gasteiger partial charge in [0.05, 0.1) is 12.8 Å². The number of methoxy groups -OCH3 is 1. The number of rotatable bonds is 2. The molecule has 0 fully saturated rings. The van der Waals surface area contributed by atoms with Gasteiger partial charge in [0.2, 0.25) is 6.08 Å². The molecule has 0 aliphatic heterocycles. The zero-order valence-corrected chi connectivity index (χ0v) is 6.57. The maximum absolute atomic E-state index is 9.97. The van der Waals surface area contributed by atoms with E-state index in [9.17, 15) is 4.79 Å². The van der Waals surface area contributed by atoms with Crippen molar-refractivity contribution < 1.29 is 9.53 Å². The molecule has 1 aromatic rings. The summed E-state index contributed by atoms with van der Waals surface area (Å²) < 4.78 is 4.93. The van der Waals surface area contributed by atoms with Crippen molar-refractivity contribution in [3.05, 3.63) is 18.2 Å². The van der Waals surface area contributed by atoms with E-state index in [1.807, 2.05) is 0 Å². The van der Waals surface area contributed by atoms with E-state index < -0.39 is 0 Å². The average Bonchev–Trinajstić information content (AvgIpc) is 2.05. The van der Waals surface area contributed by atoms with Crippen LogP contribution in [0.4, 0.5) is 11.4 Å². The van der Waals surface area contributed by atoms with Gasteiger partial charge in [0.15, 0.2) is 5.75 Å². The quantitative estimate of drug-likeness (QED) is 0.406. The van der Waals surface area contributed by atoms with Crippen LogP contribution >= 0.6 is 0 Å². The molecule has 1 rings (SSSR count). The Morgan fingerprint density at radius 2 is 2.33 bits per heavy atom. The van der Waals surface area contributed by atoms with Gasteiger partial charge in [-0.2, -0.15) is 4.99 Å². The zero-order chi connectivity index (χ0) is 8.97. The minimum atomic E-state index is 0.396. The number of hydrogen-bond donors (Lipinski definition) is 1. The van der Waals surface area contributed by atoms with Gasteiger partial charge in [0, 0.05) is 0 Å². The van der Waals surface area contributed by atoms with Crippen LogP contribution in [-0.2, 0) is 4.79 Å². The van der Waals surface area contributed by atoms with Crippen LogP contribution in [0.2, 0.25) is 0 Å². The highest BCUT2D eigenvalue weighted by molar-refractivity contribution is 5.68. The second-order valence-electron chi connectivity index (χ2n) is 2.10. The second kappa shape index (κ2) is 3.55. The van der Waals surface area contributed by atoms with E-state index in [0.29, 0.717) is 17.1 Å². The molecule has 0 heterocycles. The second-order valence-corrected chi connectivity index (χ2v) is 2.10. The molecule has 0 unspecified atom stereocenters. The molecule has 0 aromatic heterocycles. The minimum absolute atomic E-state index is 0.396. The highest BCUT2D eigenvalue weighted by Crippen LogP contribution is 2.32. The number of hydrogen-bond acceptors (Lipinski definition) is 4. The van der Waals surface area contributed by atoms with E-state index in [1.165, 1.54) is 13.2 Å². The Kier molecular flexibility index (Phi) is 2.46. The van der Waals surface area contributed by atoms with Gasteiger partial charge < -0.3 is 10.5 Å². The summed E-state index contributed by atoms with van der Waals surface area (Å²) in [6, 6.07) is 4.98. The molecule has 1 aromatic carbocycles. The lowest BCUT2D eigenvalue weighted by atomic mass is 10.2. The van der Waals surface area contributed by atoms with E-state index in [1.54, 1.807) is 18.2 Å². The first kappa shape index (κ1) is 8.30. The van der Waals surface area contributed by atoms with E-state index in [-0.39, 0.29) is 0 Å². The molecule has 0 saturated heterocycles. The fourth-order valence-electron chi connectivity index (χ4n) is 0.902. The number of aliphatic imine (C=N–C) groups is 1. The van der Waals surface area contributed by atoms with E-state index in [0.717, 1.165) is 0 Å². The predicted molar refractivity (Wildman–Crippen MR) is 45.2 cm³/mol. The molecule has 0 amide bonds. The van der Waals surface area contributed by atoms with Crippen LogP contribution in [-0.4, -0.2) is 13.2 Å².